The fourth-order valence-corrected chi connectivity index (χ4v) is 3.38. The minimum absolute atomic E-state index is 0.190. The van der Waals surface area contributed by atoms with Crippen molar-refractivity contribution < 1.29 is 17.7 Å². The molecule has 0 aliphatic heterocycles. The molecule has 19 heavy (non-hydrogen) atoms. The van der Waals surface area contributed by atoms with Crippen molar-refractivity contribution in [3.8, 4) is 0 Å². The highest BCUT2D eigenvalue weighted by atomic mass is 32.2. The second-order valence-corrected chi connectivity index (χ2v) is 7.13. The Morgan fingerprint density at radius 1 is 1.21 bits per heavy atom. The zero-order valence-electron chi connectivity index (χ0n) is 11.3. The maximum Gasteiger partial charge on any atom is 0.297 e. The van der Waals surface area contributed by atoms with E-state index in [0.29, 0.717) is 25.7 Å². The maximum atomic E-state index is 12.1. The van der Waals surface area contributed by atoms with Gasteiger partial charge in [-0.3, -0.25) is 4.18 Å². The summed E-state index contributed by atoms with van der Waals surface area (Å²) in [7, 11) is -3.70. The highest BCUT2D eigenvalue weighted by molar-refractivity contribution is 7.86. The van der Waals surface area contributed by atoms with Gasteiger partial charge in [0.2, 0.25) is 0 Å². The van der Waals surface area contributed by atoms with Gasteiger partial charge in [-0.05, 0) is 51.7 Å². The average molecular weight is 284 g/mol. The second kappa shape index (κ2) is 5.23. The molecule has 4 nitrogen and oxygen atoms in total. The lowest BCUT2D eigenvalue weighted by molar-refractivity contribution is -0.00949. The lowest BCUT2D eigenvalue weighted by Gasteiger charge is -2.32. The normalized spacial score (nSPS) is 28.3. The summed E-state index contributed by atoms with van der Waals surface area (Å²) in [6.45, 7) is 3.68. The van der Waals surface area contributed by atoms with Gasteiger partial charge in [-0.2, -0.15) is 8.42 Å². The van der Waals surface area contributed by atoms with Crippen LogP contribution in [0.25, 0.3) is 0 Å². The van der Waals surface area contributed by atoms with E-state index in [2.05, 4.69) is 0 Å². The molecule has 0 saturated heterocycles. The number of rotatable bonds is 3. The molecule has 2 rings (SSSR count). The van der Waals surface area contributed by atoms with Crippen LogP contribution in [-0.2, 0) is 14.3 Å². The Bertz CT molecular complexity index is 521. The summed E-state index contributed by atoms with van der Waals surface area (Å²) in [6.07, 6.45) is 1.95. The SMILES string of the molecule is Cc1ccc(S(=O)(=O)OC2CCC(C)(O)CC2)cc1. The van der Waals surface area contributed by atoms with Crippen molar-refractivity contribution in [2.75, 3.05) is 0 Å². The molecule has 1 aromatic rings. The molecule has 1 aromatic carbocycles. The van der Waals surface area contributed by atoms with E-state index in [1.54, 1.807) is 31.2 Å². The summed E-state index contributed by atoms with van der Waals surface area (Å²) in [4.78, 5) is 0.190. The van der Waals surface area contributed by atoms with Gasteiger partial charge in [-0.15, -0.1) is 0 Å². The molecule has 1 aliphatic carbocycles. The van der Waals surface area contributed by atoms with E-state index >= 15 is 0 Å². The average Bonchev–Trinajstić information content (AvgIpc) is 2.32. The van der Waals surface area contributed by atoms with Crippen molar-refractivity contribution in [2.24, 2.45) is 0 Å². The monoisotopic (exact) mass is 284 g/mol. The van der Waals surface area contributed by atoms with Crippen LogP contribution < -0.4 is 0 Å². The summed E-state index contributed by atoms with van der Waals surface area (Å²) in [5, 5.41) is 9.83. The van der Waals surface area contributed by atoms with E-state index in [1.165, 1.54) is 0 Å². The van der Waals surface area contributed by atoms with Crippen molar-refractivity contribution >= 4 is 10.1 Å². The molecule has 1 aliphatic rings. The Labute approximate surface area is 114 Å². The van der Waals surface area contributed by atoms with Crippen molar-refractivity contribution in [3.63, 3.8) is 0 Å². The van der Waals surface area contributed by atoms with Crippen LogP contribution in [0.2, 0.25) is 0 Å². The fraction of sp³-hybridized carbons (Fsp3) is 0.571. The molecule has 0 unspecified atom stereocenters. The molecule has 106 valence electrons. The predicted octanol–water partition coefficient (Wildman–Crippen LogP) is 2.39. The first-order chi connectivity index (χ1) is 8.78. The van der Waals surface area contributed by atoms with E-state index in [1.807, 2.05) is 6.92 Å². The highest BCUT2D eigenvalue weighted by Gasteiger charge is 2.32. The van der Waals surface area contributed by atoms with Crippen LogP contribution in [-0.4, -0.2) is 25.2 Å². The molecule has 0 atom stereocenters. The molecule has 1 saturated carbocycles. The topological polar surface area (TPSA) is 63.6 Å². The maximum absolute atomic E-state index is 12.1. The van der Waals surface area contributed by atoms with Crippen LogP contribution in [0.4, 0.5) is 0 Å². The van der Waals surface area contributed by atoms with Gasteiger partial charge in [0.05, 0.1) is 16.6 Å². The van der Waals surface area contributed by atoms with Crippen LogP contribution in [0.3, 0.4) is 0 Å². The smallest absolute Gasteiger partial charge is 0.297 e. The second-order valence-electron chi connectivity index (χ2n) is 5.56. The number of aryl methyl sites for hydroxylation is 1. The standard InChI is InChI=1S/C14H20O4S/c1-11-3-5-13(6-4-11)19(16,17)18-12-7-9-14(2,15)10-8-12/h3-6,12,15H,7-10H2,1-2H3. The van der Waals surface area contributed by atoms with E-state index in [-0.39, 0.29) is 11.0 Å². The minimum atomic E-state index is -3.70. The molecule has 0 radical (unpaired) electrons. The van der Waals surface area contributed by atoms with Gasteiger partial charge in [-0.25, -0.2) is 0 Å². The summed E-state index contributed by atoms with van der Waals surface area (Å²) in [5.41, 5.74) is 0.320. The van der Waals surface area contributed by atoms with Gasteiger partial charge in [0.25, 0.3) is 10.1 Å². The predicted molar refractivity (Wildman–Crippen MR) is 72.3 cm³/mol. The first-order valence-electron chi connectivity index (χ1n) is 6.51. The van der Waals surface area contributed by atoms with Crippen molar-refractivity contribution in [1.29, 1.82) is 0 Å². The molecule has 5 heteroatoms. The zero-order chi connectivity index (χ0) is 14.1. The highest BCUT2D eigenvalue weighted by Crippen LogP contribution is 2.31. The van der Waals surface area contributed by atoms with E-state index in [4.69, 9.17) is 4.18 Å². The van der Waals surface area contributed by atoms with E-state index < -0.39 is 15.7 Å². The van der Waals surface area contributed by atoms with Gasteiger partial charge in [0, 0.05) is 0 Å². The first kappa shape index (κ1) is 14.5. The van der Waals surface area contributed by atoms with Gasteiger partial charge in [-0.1, -0.05) is 17.7 Å². The van der Waals surface area contributed by atoms with Crippen LogP contribution in [0, 0.1) is 6.92 Å². The van der Waals surface area contributed by atoms with Gasteiger partial charge < -0.3 is 5.11 Å². The van der Waals surface area contributed by atoms with E-state index in [9.17, 15) is 13.5 Å². The molecule has 0 amide bonds. The Morgan fingerprint density at radius 2 is 1.74 bits per heavy atom. The number of hydrogen-bond donors (Lipinski definition) is 1. The summed E-state index contributed by atoms with van der Waals surface area (Å²) < 4.78 is 29.4. The third-order valence-corrected chi connectivity index (χ3v) is 4.96. The third-order valence-electron chi connectivity index (χ3n) is 3.58. The van der Waals surface area contributed by atoms with Crippen LogP contribution in [0.15, 0.2) is 29.2 Å². The third kappa shape index (κ3) is 3.78. The Balaban J connectivity index is 2.04. The Kier molecular flexibility index (Phi) is 3.99. The summed E-state index contributed by atoms with van der Waals surface area (Å²) >= 11 is 0. The molecular weight excluding hydrogens is 264 g/mol. The number of aliphatic hydroxyl groups is 1. The number of hydrogen-bond acceptors (Lipinski definition) is 4. The molecule has 0 aromatic heterocycles. The van der Waals surface area contributed by atoms with Crippen molar-refractivity contribution in [2.45, 2.75) is 56.1 Å². The zero-order valence-corrected chi connectivity index (χ0v) is 12.1. The molecule has 1 N–H and O–H groups in total. The van der Waals surface area contributed by atoms with Crippen LogP contribution in [0.1, 0.15) is 38.2 Å². The lowest BCUT2D eigenvalue weighted by Crippen LogP contribution is -2.34. The number of benzene rings is 1. The quantitative estimate of drug-likeness (QED) is 0.866. The summed E-state index contributed by atoms with van der Waals surface area (Å²) in [6, 6.07) is 6.62. The molecule has 0 bridgehead atoms. The first-order valence-corrected chi connectivity index (χ1v) is 7.92. The molecule has 1 fully saturated rings. The molecule has 0 spiro atoms. The van der Waals surface area contributed by atoms with Crippen molar-refractivity contribution in [1.82, 2.24) is 0 Å². The van der Waals surface area contributed by atoms with Gasteiger partial charge in [0.1, 0.15) is 0 Å². The Hall–Kier alpha value is -0.910. The van der Waals surface area contributed by atoms with Crippen LogP contribution in [0.5, 0.6) is 0 Å². The fourth-order valence-electron chi connectivity index (χ4n) is 2.25. The minimum Gasteiger partial charge on any atom is -0.390 e. The molecule has 0 heterocycles. The molecular formula is C14H20O4S. The van der Waals surface area contributed by atoms with Crippen molar-refractivity contribution in [3.05, 3.63) is 29.8 Å². The van der Waals surface area contributed by atoms with Gasteiger partial charge >= 0.3 is 0 Å². The van der Waals surface area contributed by atoms with Gasteiger partial charge in [0.15, 0.2) is 0 Å². The Morgan fingerprint density at radius 3 is 2.26 bits per heavy atom. The largest absolute Gasteiger partial charge is 0.390 e. The summed E-state index contributed by atoms with van der Waals surface area (Å²) in [5.74, 6) is 0. The lowest BCUT2D eigenvalue weighted by atomic mass is 9.85. The van der Waals surface area contributed by atoms with E-state index in [0.717, 1.165) is 5.56 Å². The van der Waals surface area contributed by atoms with Crippen LogP contribution >= 0.6 is 0 Å².